The summed E-state index contributed by atoms with van der Waals surface area (Å²) >= 11 is 0. The summed E-state index contributed by atoms with van der Waals surface area (Å²) in [6, 6.07) is 11.1. The number of hydrogen-bond donors (Lipinski definition) is 0. The summed E-state index contributed by atoms with van der Waals surface area (Å²) < 4.78 is 31.1. The molecule has 0 spiro atoms. The van der Waals surface area contributed by atoms with E-state index in [0.717, 1.165) is 0 Å². The van der Waals surface area contributed by atoms with Gasteiger partial charge in [0.05, 0.1) is 0 Å². The predicted molar refractivity (Wildman–Crippen MR) is 96.8 cm³/mol. The van der Waals surface area contributed by atoms with Crippen LogP contribution in [0.15, 0.2) is 53.2 Å². The van der Waals surface area contributed by atoms with Crippen LogP contribution in [0.5, 0.6) is 0 Å². The smallest absolute Gasteiger partial charge is 0.263 e. The first-order chi connectivity index (χ1) is 13.6. The summed E-state index contributed by atoms with van der Waals surface area (Å²) in [5.74, 6) is 0.799. The highest BCUT2D eigenvalue weighted by Crippen LogP contribution is 2.29. The largest absolute Gasteiger partial charge is 0.339 e. The molecular formula is C20H18F2N4O2. The number of piperidine rings is 1. The van der Waals surface area contributed by atoms with E-state index in [1.54, 1.807) is 17.2 Å². The normalized spacial score (nSPS) is 15.2. The SMILES string of the molecule is O=C(c1cccc(C(F)F)c1)N1CCC(c2nc(-c3ccccn3)no2)CC1. The Bertz CT molecular complexity index is 954. The second-order valence-electron chi connectivity index (χ2n) is 6.66. The van der Waals surface area contributed by atoms with Crippen LogP contribution in [0.1, 0.15) is 47.0 Å². The molecule has 0 bridgehead atoms. The van der Waals surface area contributed by atoms with Crippen LogP contribution in [0, 0.1) is 0 Å². The number of benzene rings is 1. The topological polar surface area (TPSA) is 72.1 Å². The highest BCUT2D eigenvalue weighted by atomic mass is 19.3. The molecule has 1 saturated heterocycles. The van der Waals surface area contributed by atoms with Crippen molar-refractivity contribution in [3.05, 3.63) is 65.7 Å². The maximum Gasteiger partial charge on any atom is 0.263 e. The fourth-order valence-corrected chi connectivity index (χ4v) is 3.32. The summed E-state index contributed by atoms with van der Waals surface area (Å²) in [4.78, 5) is 22.9. The van der Waals surface area contributed by atoms with Crippen LogP contribution in [0.25, 0.3) is 11.5 Å². The van der Waals surface area contributed by atoms with E-state index in [4.69, 9.17) is 4.52 Å². The fraction of sp³-hybridized carbons (Fsp3) is 0.300. The molecule has 1 aliphatic rings. The molecule has 1 fully saturated rings. The Morgan fingerprint density at radius 2 is 1.96 bits per heavy atom. The van der Waals surface area contributed by atoms with E-state index >= 15 is 0 Å². The van der Waals surface area contributed by atoms with Gasteiger partial charge in [0.15, 0.2) is 0 Å². The molecule has 1 aliphatic heterocycles. The van der Waals surface area contributed by atoms with Crippen LogP contribution in [-0.2, 0) is 0 Å². The zero-order valence-electron chi connectivity index (χ0n) is 15.0. The molecule has 0 unspecified atom stereocenters. The molecule has 3 aromatic rings. The number of alkyl halides is 2. The van der Waals surface area contributed by atoms with Crippen molar-refractivity contribution < 1.29 is 18.1 Å². The first-order valence-corrected chi connectivity index (χ1v) is 9.04. The van der Waals surface area contributed by atoms with E-state index in [1.807, 2.05) is 18.2 Å². The zero-order valence-corrected chi connectivity index (χ0v) is 15.0. The molecular weight excluding hydrogens is 366 g/mol. The minimum atomic E-state index is -2.59. The molecule has 0 aliphatic carbocycles. The average Bonchev–Trinajstić information content (AvgIpc) is 3.24. The van der Waals surface area contributed by atoms with Gasteiger partial charge >= 0.3 is 0 Å². The lowest BCUT2D eigenvalue weighted by atomic mass is 9.96. The molecule has 1 aromatic carbocycles. The maximum atomic E-state index is 12.9. The summed E-state index contributed by atoms with van der Waals surface area (Å²) in [6.07, 6.45) is 0.413. The number of aromatic nitrogens is 3. The Kier molecular flexibility index (Phi) is 5.10. The van der Waals surface area contributed by atoms with Crippen molar-refractivity contribution >= 4 is 5.91 Å². The van der Waals surface area contributed by atoms with Gasteiger partial charge in [0.1, 0.15) is 5.69 Å². The van der Waals surface area contributed by atoms with Gasteiger partial charge in [0.2, 0.25) is 11.7 Å². The van der Waals surface area contributed by atoms with Gasteiger partial charge in [-0.25, -0.2) is 8.78 Å². The van der Waals surface area contributed by atoms with Gasteiger partial charge in [0.25, 0.3) is 12.3 Å². The lowest BCUT2D eigenvalue weighted by Crippen LogP contribution is -2.38. The van der Waals surface area contributed by atoms with Crippen LogP contribution >= 0.6 is 0 Å². The molecule has 2 aromatic heterocycles. The number of carbonyl (C=O) groups is 1. The van der Waals surface area contributed by atoms with Crippen LogP contribution in [-0.4, -0.2) is 39.0 Å². The second kappa shape index (κ2) is 7.84. The van der Waals surface area contributed by atoms with Gasteiger partial charge in [-0.1, -0.05) is 23.4 Å². The van der Waals surface area contributed by atoms with Crippen molar-refractivity contribution in [2.45, 2.75) is 25.2 Å². The van der Waals surface area contributed by atoms with E-state index in [0.29, 0.717) is 43.3 Å². The Labute approximate surface area is 160 Å². The lowest BCUT2D eigenvalue weighted by Gasteiger charge is -2.30. The number of likely N-dealkylation sites (tertiary alicyclic amines) is 1. The average molecular weight is 384 g/mol. The van der Waals surface area contributed by atoms with Gasteiger partial charge < -0.3 is 9.42 Å². The minimum Gasteiger partial charge on any atom is -0.339 e. The summed E-state index contributed by atoms with van der Waals surface area (Å²) in [6.45, 7) is 1.01. The summed E-state index contributed by atoms with van der Waals surface area (Å²) in [5.41, 5.74) is 0.782. The van der Waals surface area contributed by atoms with Gasteiger partial charge in [-0.05, 0) is 37.1 Å². The van der Waals surface area contributed by atoms with E-state index in [-0.39, 0.29) is 23.0 Å². The molecule has 3 heterocycles. The quantitative estimate of drug-likeness (QED) is 0.678. The minimum absolute atomic E-state index is 0.0569. The van der Waals surface area contributed by atoms with Gasteiger partial charge in [-0.3, -0.25) is 9.78 Å². The molecule has 0 N–H and O–H groups in total. The lowest BCUT2D eigenvalue weighted by molar-refractivity contribution is 0.0704. The highest BCUT2D eigenvalue weighted by molar-refractivity contribution is 5.94. The van der Waals surface area contributed by atoms with E-state index < -0.39 is 6.43 Å². The van der Waals surface area contributed by atoms with Gasteiger partial charge in [-0.2, -0.15) is 4.98 Å². The van der Waals surface area contributed by atoms with Gasteiger partial charge in [0, 0.05) is 36.3 Å². The molecule has 6 nitrogen and oxygen atoms in total. The zero-order chi connectivity index (χ0) is 19.5. The molecule has 0 atom stereocenters. The number of pyridine rings is 1. The second-order valence-corrected chi connectivity index (χ2v) is 6.66. The third-order valence-electron chi connectivity index (χ3n) is 4.85. The number of carbonyl (C=O) groups excluding carboxylic acids is 1. The monoisotopic (exact) mass is 384 g/mol. The van der Waals surface area contributed by atoms with Crippen LogP contribution < -0.4 is 0 Å². The first kappa shape index (κ1) is 18.2. The Hall–Kier alpha value is -3.16. The molecule has 1 amide bonds. The summed E-state index contributed by atoms with van der Waals surface area (Å²) in [7, 11) is 0. The van der Waals surface area contributed by atoms with Crippen molar-refractivity contribution in [3.63, 3.8) is 0 Å². The highest BCUT2D eigenvalue weighted by Gasteiger charge is 2.28. The van der Waals surface area contributed by atoms with Crippen LogP contribution in [0.4, 0.5) is 8.78 Å². The molecule has 0 radical (unpaired) electrons. The van der Waals surface area contributed by atoms with Crippen LogP contribution in [0.2, 0.25) is 0 Å². The summed E-state index contributed by atoms with van der Waals surface area (Å²) in [5, 5.41) is 3.99. The third-order valence-corrected chi connectivity index (χ3v) is 4.85. The molecule has 144 valence electrons. The molecule has 8 heteroatoms. The van der Waals surface area contributed by atoms with Gasteiger partial charge in [-0.15, -0.1) is 0 Å². The molecule has 28 heavy (non-hydrogen) atoms. The first-order valence-electron chi connectivity index (χ1n) is 9.04. The van der Waals surface area contributed by atoms with Crippen molar-refractivity contribution in [1.29, 1.82) is 0 Å². The van der Waals surface area contributed by atoms with Crippen molar-refractivity contribution in [2.24, 2.45) is 0 Å². The number of rotatable bonds is 4. The van der Waals surface area contributed by atoms with Crippen molar-refractivity contribution in [3.8, 4) is 11.5 Å². The molecule has 4 rings (SSSR count). The van der Waals surface area contributed by atoms with E-state index in [9.17, 15) is 13.6 Å². The van der Waals surface area contributed by atoms with Crippen LogP contribution in [0.3, 0.4) is 0 Å². The number of hydrogen-bond acceptors (Lipinski definition) is 5. The predicted octanol–water partition coefficient (Wildman–Crippen LogP) is 4.09. The van der Waals surface area contributed by atoms with Crippen molar-refractivity contribution in [2.75, 3.05) is 13.1 Å². The number of nitrogens with zero attached hydrogens (tertiary/aromatic N) is 4. The number of amides is 1. The Morgan fingerprint density at radius 3 is 2.68 bits per heavy atom. The van der Waals surface area contributed by atoms with E-state index in [2.05, 4.69) is 15.1 Å². The third kappa shape index (κ3) is 3.76. The van der Waals surface area contributed by atoms with Crippen molar-refractivity contribution in [1.82, 2.24) is 20.0 Å². The number of halogens is 2. The molecule has 0 saturated carbocycles. The maximum absolute atomic E-state index is 12.9. The fourth-order valence-electron chi connectivity index (χ4n) is 3.32. The Morgan fingerprint density at radius 1 is 1.14 bits per heavy atom. The Balaban J connectivity index is 1.40. The standard InChI is InChI=1S/C20H18F2N4O2/c21-17(22)14-4-3-5-15(12-14)20(27)26-10-7-13(8-11-26)19-24-18(25-28-19)16-6-1-2-9-23-16/h1-6,9,12-13,17H,7-8,10-11H2. The van der Waals surface area contributed by atoms with E-state index in [1.165, 1.54) is 18.2 Å².